The van der Waals surface area contributed by atoms with Gasteiger partial charge in [0.25, 0.3) is 0 Å². The SMILES string of the molecule is Cc1cccc(-n2ccnc2SC(C)C(=O)NC(C)C)c1C. The van der Waals surface area contributed by atoms with Crippen molar-refractivity contribution in [2.45, 2.75) is 51.1 Å². The highest BCUT2D eigenvalue weighted by Crippen LogP contribution is 2.27. The van der Waals surface area contributed by atoms with Crippen LogP contribution in [0.3, 0.4) is 0 Å². The molecule has 1 aromatic carbocycles. The molecule has 0 aliphatic carbocycles. The number of carbonyl (C=O) groups is 1. The highest BCUT2D eigenvalue weighted by molar-refractivity contribution is 8.00. The molecule has 0 saturated carbocycles. The molecule has 1 unspecified atom stereocenters. The summed E-state index contributed by atoms with van der Waals surface area (Å²) < 4.78 is 2.05. The first-order valence-corrected chi connectivity index (χ1v) is 8.35. The minimum atomic E-state index is -0.186. The van der Waals surface area contributed by atoms with E-state index in [-0.39, 0.29) is 17.2 Å². The van der Waals surface area contributed by atoms with Crippen LogP contribution < -0.4 is 5.32 Å². The van der Waals surface area contributed by atoms with E-state index in [2.05, 4.69) is 36.3 Å². The molecule has 4 nitrogen and oxygen atoms in total. The Bertz CT molecular complexity index is 664. The van der Waals surface area contributed by atoms with Crippen molar-refractivity contribution in [2.24, 2.45) is 0 Å². The zero-order valence-corrected chi connectivity index (χ0v) is 14.6. The second-order valence-corrected chi connectivity index (χ2v) is 7.03. The van der Waals surface area contributed by atoms with Crippen LogP contribution in [0, 0.1) is 13.8 Å². The predicted molar refractivity (Wildman–Crippen MR) is 91.6 cm³/mol. The number of aromatic nitrogens is 2. The number of imidazole rings is 1. The molecule has 2 aromatic rings. The molecule has 118 valence electrons. The van der Waals surface area contributed by atoms with Crippen molar-refractivity contribution in [1.82, 2.24) is 14.9 Å². The van der Waals surface area contributed by atoms with Gasteiger partial charge in [-0.1, -0.05) is 23.9 Å². The van der Waals surface area contributed by atoms with Gasteiger partial charge in [-0.25, -0.2) is 4.98 Å². The number of amides is 1. The van der Waals surface area contributed by atoms with E-state index in [1.165, 1.54) is 22.9 Å². The van der Waals surface area contributed by atoms with E-state index in [1.807, 2.05) is 37.6 Å². The minimum absolute atomic E-state index is 0.0375. The number of benzene rings is 1. The number of aryl methyl sites for hydroxylation is 1. The largest absolute Gasteiger partial charge is 0.353 e. The van der Waals surface area contributed by atoms with Gasteiger partial charge in [-0.2, -0.15) is 0 Å². The number of nitrogens with zero attached hydrogens (tertiary/aromatic N) is 2. The van der Waals surface area contributed by atoms with Crippen LogP contribution in [-0.4, -0.2) is 26.8 Å². The van der Waals surface area contributed by atoms with Crippen LogP contribution in [0.25, 0.3) is 5.69 Å². The average Bonchev–Trinajstić information content (AvgIpc) is 2.89. The first-order valence-electron chi connectivity index (χ1n) is 7.47. The lowest BCUT2D eigenvalue weighted by Crippen LogP contribution is -2.36. The lowest BCUT2D eigenvalue weighted by Gasteiger charge is -2.16. The van der Waals surface area contributed by atoms with Crippen LogP contribution in [0.1, 0.15) is 31.9 Å². The quantitative estimate of drug-likeness (QED) is 0.859. The lowest BCUT2D eigenvalue weighted by atomic mass is 10.1. The summed E-state index contributed by atoms with van der Waals surface area (Å²) in [7, 11) is 0. The molecule has 22 heavy (non-hydrogen) atoms. The Hall–Kier alpha value is -1.75. The molecule has 0 spiro atoms. The number of hydrogen-bond acceptors (Lipinski definition) is 3. The summed E-state index contributed by atoms with van der Waals surface area (Å²) in [6, 6.07) is 6.36. The van der Waals surface area contributed by atoms with E-state index >= 15 is 0 Å². The van der Waals surface area contributed by atoms with Crippen molar-refractivity contribution >= 4 is 17.7 Å². The van der Waals surface area contributed by atoms with Gasteiger partial charge in [-0.3, -0.25) is 9.36 Å². The summed E-state index contributed by atoms with van der Waals surface area (Å²) in [6.07, 6.45) is 3.72. The number of thioether (sulfide) groups is 1. The van der Waals surface area contributed by atoms with E-state index in [9.17, 15) is 4.79 Å². The van der Waals surface area contributed by atoms with E-state index in [4.69, 9.17) is 0 Å². The Balaban J connectivity index is 2.23. The van der Waals surface area contributed by atoms with Crippen molar-refractivity contribution in [3.8, 4) is 5.69 Å². The Morgan fingerprint density at radius 2 is 2.00 bits per heavy atom. The molecular weight excluding hydrogens is 294 g/mol. The maximum Gasteiger partial charge on any atom is 0.233 e. The number of carbonyl (C=O) groups excluding carboxylic acids is 1. The molecule has 0 fully saturated rings. The number of hydrogen-bond donors (Lipinski definition) is 1. The van der Waals surface area contributed by atoms with E-state index in [0.29, 0.717) is 0 Å². The Morgan fingerprint density at radius 3 is 2.68 bits per heavy atom. The van der Waals surface area contributed by atoms with Gasteiger partial charge in [0.2, 0.25) is 5.91 Å². The van der Waals surface area contributed by atoms with Gasteiger partial charge in [-0.05, 0) is 51.8 Å². The molecule has 1 atom stereocenters. The summed E-state index contributed by atoms with van der Waals surface area (Å²) in [5.74, 6) is 0.0375. The second kappa shape index (κ2) is 7.01. The minimum Gasteiger partial charge on any atom is -0.353 e. The zero-order chi connectivity index (χ0) is 16.3. The second-order valence-electron chi connectivity index (χ2n) is 5.72. The summed E-state index contributed by atoms with van der Waals surface area (Å²) in [5.41, 5.74) is 3.57. The van der Waals surface area contributed by atoms with Crippen molar-refractivity contribution in [3.05, 3.63) is 41.7 Å². The molecule has 1 amide bonds. The number of rotatable bonds is 5. The summed E-state index contributed by atoms with van der Waals surface area (Å²) in [5, 5.41) is 3.58. The summed E-state index contributed by atoms with van der Waals surface area (Å²) in [4.78, 5) is 16.5. The molecular formula is C17H23N3OS. The topological polar surface area (TPSA) is 46.9 Å². The first-order chi connectivity index (χ1) is 10.4. The standard InChI is InChI=1S/C17H23N3OS/c1-11(2)19-16(21)14(5)22-17-18-9-10-20(17)15-8-6-7-12(3)13(15)4/h6-11,14H,1-5H3,(H,19,21). The van der Waals surface area contributed by atoms with Gasteiger partial charge in [0.15, 0.2) is 5.16 Å². The molecule has 0 saturated heterocycles. The van der Waals surface area contributed by atoms with Crippen LogP contribution in [0.4, 0.5) is 0 Å². The van der Waals surface area contributed by atoms with Crippen LogP contribution in [0.5, 0.6) is 0 Å². The summed E-state index contributed by atoms with van der Waals surface area (Å²) in [6.45, 7) is 10.0. The average molecular weight is 317 g/mol. The van der Waals surface area contributed by atoms with Crippen LogP contribution in [-0.2, 0) is 4.79 Å². The highest BCUT2D eigenvalue weighted by atomic mass is 32.2. The van der Waals surface area contributed by atoms with Crippen molar-refractivity contribution in [2.75, 3.05) is 0 Å². The number of nitrogens with one attached hydrogen (secondary N) is 1. The predicted octanol–water partition coefficient (Wildman–Crippen LogP) is 3.49. The monoisotopic (exact) mass is 317 g/mol. The Morgan fingerprint density at radius 1 is 1.27 bits per heavy atom. The Labute approximate surface area is 136 Å². The molecule has 0 bridgehead atoms. The maximum absolute atomic E-state index is 12.1. The molecule has 5 heteroatoms. The van der Waals surface area contributed by atoms with Crippen molar-refractivity contribution < 1.29 is 4.79 Å². The molecule has 0 aliphatic heterocycles. The normalized spacial score (nSPS) is 12.5. The molecule has 2 rings (SSSR count). The van der Waals surface area contributed by atoms with E-state index < -0.39 is 0 Å². The third kappa shape index (κ3) is 3.71. The Kier molecular flexibility index (Phi) is 5.29. The lowest BCUT2D eigenvalue weighted by molar-refractivity contribution is -0.120. The fourth-order valence-corrected chi connectivity index (χ4v) is 3.06. The van der Waals surface area contributed by atoms with Gasteiger partial charge >= 0.3 is 0 Å². The molecule has 0 aliphatic rings. The van der Waals surface area contributed by atoms with Gasteiger partial charge < -0.3 is 5.32 Å². The van der Waals surface area contributed by atoms with Gasteiger partial charge in [-0.15, -0.1) is 0 Å². The summed E-state index contributed by atoms with van der Waals surface area (Å²) >= 11 is 1.48. The van der Waals surface area contributed by atoms with E-state index in [0.717, 1.165) is 10.8 Å². The van der Waals surface area contributed by atoms with E-state index in [1.54, 1.807) is 6.20 Å². The molecule has 0 radical (unpaired) electrons. The zero-order valence-electron chi connectivity index (χ0n) is 13.8. The van der Waals surface area contributed by atoms with Crippen LogP contribution in [0.2, 0.25) is 0 Å². The van der Waals surface area contributed by atoms with Crippen molar-refractivity contribution in [1.29, 1.82) is 0 Å². The molecule has 1 N–H and O–H groups in total. The van der Waals surface area contributed by atoms with Crippen LogP contribution >= 0.6 is 11.8 Å². The highest BCUT2D eigenvalue weighted by Gasteiger charge is 2.18. The molecule has 1 aromatic heterocycles. The van der Waals surface area contributed by atoms with Gasteiger partial charge in [0.05, 0.1) is 10.9 Å². The smallest absolute Gasteiger partial charge is 0.233 e. The fourth-order valence-electron chi connectivity index (χ4n) is 2.17. The first kappa shape index (κ1) is 16.6. The van der Waals surface area contributed by atoms with Crippen molar-refractivity contribution in [3.63, 3.8) is 0 Å². The van der Waals surface area contributed by atoms with Gasteiger partial charge in [0.1, 0.15) is 0 Å². The van der Waals surface area contributed by atoms with Gasteiger partial charge in [0, 0.05) is 18.4 Å². The molecule has 1 heterocycles. The third-order valence-corrected chi connectivity index (χ3v) is 4.61. The third-order valence-electron chi connectivity index (χ3n) is 3.52. The van der Waals surface area contributed by atoms with Crippen LogP contribution in [0.15, 0.2) is 35.7 Å². The maximum atomic E-state index is 12.1. The fraction of sp³-hybridized carbons (Fsp3) is 0.412.